The Labute approximate surface area is 124 Å². The molecule has 0 saturated heterocycles. The SMILES string of the molecule is CCC(C(=O)NCC(C)Sc1ccccc1)C(=O)OC. The van der Waals surface area contributed by atoms with Gasteiger partial charge in [0.1, 0.15) is 5.92 Å². The average molecular weight is 295 g/mol. The summed E-state index contributed by atoms with van der Waals surface area (Å²) in [4.78, 5) is 24.5. The van der Waals surface area contributed by atoms with Gasteiger partial charge in [0, 0.05) is 16.7 Å². The number of hydrogen-bond acceptors (Lipinski definition) is 4. The molecule has 4 nitrogen and oxygen atoms in total. The first-order valence-corrected chi connectivity index (χ1v) is 7.53. The van der Waals surface area contributed by atoms with Gasteiger partial charge in [-0.25, -0.2) is 0 Å². The Kier molecular flexibility index (Phi) is 7.15. The number of ether oxygens (including phenoxy) is 1. The van der Waals surface area contributed by atoms with Gasteiger partial charge < -0.3 is 10.1 Å². The highest BCUT2D eigenvalue weighted by Crippen LogP contribution is 2.22. The second-order valence-electron chi connectivity index (χ2n) is 4.47. The van der Waals surface area contributed by atoms with Crippen molar-refractivity contribution in [2.75, 3.05) is 13.7 Å². The fourth-order valence-electron chi connectivity index (χ4n) is 1.74. The van der Waals surface area contributed by atoms with Crippen LogP contribution in [0.2, 0.25) is 0 Å². The van der Waals surface area contributed by atoms with Crippen LogP contribution in [0, 0.1) is 5.92 Å². The van der Waals surface area contributed by atoms with Gasteiger partial charge in [0.05, 0.1) is 7.11 Å². The van der Waals surface area contributed by atoms with E-state index in [-0.39, 0.29) is 11.2 Å². The number of esters is 1. The fraction of sp³-hybridized carbons (Fsp3) is 0.467. The van der Waals surface area contributed by atoms with Crippen molar-refractivity contribution >= 4 is 23.6 Å². The molecule has 0 aromatic heterocycles. The number of rotatable bonds is 7. The van der Waals surface area contributed by atoms with E-state index in [9.17, 15) is 9.59 Å². The lowest BCUT2D eigenvalue weighted by Crippen LogP contribution is -2.38. The normalized spacial score (nSPS) is 13.3. The molecule has 20 heavy (non-hydrogen) atoms. The summed E-state index contributed by atoms with van der Waals surface area (Å²) in [6, 6.07) is 10.0. The monoisotopic (exact) mass is 295 g/mol. The maximum atomic E-state index is 11.9. The Bertz CT molecular complexity index is 436. The summed E-state index contributed by atoms with van der Waals surface area (Å²) in [5.74, 6) is -1.46. The molecule has 1 N–H and O–H groups in total. The van der Waals surface area contributed by atoms with Crippen LogP contribution in [0.25, 0.3) is 0 Å². The average Bonchev–Trinajstić information content (AvgIpc) is 2.46. The third kappa shape index (κ3) is 5.25. The third-order valence-corrected chi connectivity index (χ3v) is 3.97. The van der Waals surface area contributed by atoms with Crippen molar-refractivity contribution in [1.29, 1.82) is 0 Å². The molecule has 0 fully saturated rings. The van der Waals surface area contributed by atoms with Gasteiger partial charge in [0.15, 0.2) is 0 Å². The zero-order valence-electron chi connectivity index (χ0n) is 12.1. The van der Waals surface area contributed by atoms with Crippen LogP contribution in [0.3, 0.4) is 0 Å². The topological polar surface area (TPSA) is 55.4 Å². The summed E-state index contributed by atoms with van der Waals surface area (Å²) < 4.78 is 4.62. The number of carbonyl (C=O) groups excluding carboxylic acids is 2. The van der Waals surface area contributed by atoms with E-state index in [1.165, 1.54) is 7.11 Å². The molecule has 0 heterocycles. The molecule has 2 atom stereocenters. The zero-order chi connectivity index (χ0) is 15.0. The number of hydrogen-bond donors (Lipinski definition) is 1. The molecule has 5 heteroatoms. The molecule has 0 aliphatic heterocycles. The molecular weight excluding hydrogens is 274 g/mol. The van der Waals surface area contributed by atoms with E-state index in [2.05, 4.69) is 10.1 Å². The molecule has 110 valence electrons. The zero-order valence-corrected chi connectivity index (χ0v) is 12.9. The van der Waals surface area contributed by atoms with Crippen LogP contribution in [0.1, 0.15) is 20.3 Å². The number of nitrogens with one attached hydrogen (secondary N) is 1. The fourth-order valence-corrected chi connectivity index (χ4v) is 2.69. The third-order valence-electron chi connectivity index (χ3n) is 2.85. The molecule has 0 bridgehead atoms. The predicted octanol–water partition coefficient (Wildman–Crippen LogP) is 2.48. The van der Waals surface area contributed by atoms with Crippen LogP contribution in [0.15, 0.2) is 35.2 Å². The second-order valence-corrected chi connectivity index (χ2v) is 5.98. The number of benzene rings is 1. The molecule has 1 aromatic rings. The van der Waals surface area contributed by atoms with Gasteiger partial charge in [-0.1, -0.05) is 32.0 Å². The number of amides is 1. The molecule has 0 spiro atoms. The van der Waals surface area contributed by atoms with Gasteiger partial charge in [-0.2, -0.15) is 0 Å². The molecule has 1 amide bonds. The molecule has 0 saturated carbocycles. The maximum Gasteiger partial charge on any atom is 0.318 e. The van der Waals surface area contributed by atoms with Crippen LogP contribution < -0.4 is 5.32 Å². The summed E-state index contributed by atoms with van der Waals surface area (Å²) in [6.07, 6.45) is 0.443. The Morgan fingerprint density at radius 2 is 1.95 bits per heavy atom. The van der Waals surface area contributed by atoms with Crippen molar-refractivity contribution in [3.8, 4) is 0 Å². The number of carbonyl (C=O) groups is 2. The Hall–Kier alpha value is -1.49. The quantitative estimate of drug-likeness (QED) is 0.477. The van der Waals surface area contributed by atoms with E-state index >= 15 is 0 Å². The lowest BCUT2D eigenvalue weighted by atomic mass is 10.1. The molecular formula is C15H21NO3S. The van der Waals surface area contributed by atoms with Crippen LogP contribution in [0.5, 0.6) is 0 Å². The summed E-state index contributed by atoms with van der Waals surface area (Å²) in [6.45, 7) is 4.35. The molecule has 2 unspecified atom stereocenters. The van der Waals surface area contributed by atoms with E-state index in [0.717, 1.165) is 4.90 Å². The molecule has 0 aliphatic rings. The van der Waals surface area contributed by atoms with Gasteiger partial charge in [-0.15, -0.1) is 11.8 Å². The highest BCUT2D eigenvalue weighted by atomic mass is 32.2. The Morgan fingerprint density at radius 3 is 2.50 bits per heavy atom. The first kappa shape index (κ1) is 16.6. The first-order chi connectivity index (χ1) is 9.58. The van der Waals surface area contributed by atoms with Crippen LogP contribution in [-0.4, -0.2) is 30.8 Å². The minimum absolute atomic E-state index is 0.233. The maximum absolute atomic E-state index is 11.9. The summed E-state index contributed by atoms with van der Waals surface area (Å²) in [5, 5.41) is 3.04. The van der Waals surface area contributed by atoms with Gasteiger partial charge in [0.25, 0.3) is 0 Å². The minimum Gasteiger partial charge on any atom is -0.468 e. The Balaban J connectivity index is 2.42. The van der Waals surface area contributed by atoms with Crippen molar-refractivity contribution < 1.29 is 14.3 Å². The second kappa shape index (κ2) is 8.64. The van der Waals surface area contributed by atoms with Gasteiger partial charge in [-0.3, -0.25) is 9.59 Å². The summed E-state index contributed by atoms with van der Waals surface area (Å²) in [7, 11) is 1.30. The van der Waals surface area contributed by atoms with Crippen LogP contribution >= 0.6 is 11.8 Å². The highest BCUT2D eigenvalue weighted by molar-refractivity contribution is 8.00. The number of methoxy groups -OCH3 is 1. The first-order valence-electron chi connectivity index (χ1n) is 6.65. The summed E-state index contributed by atoms with van der Waals surface area (Å²) >= 11 is 1.69. The largest absolute Gasteiger partial charge is 0.468 e. The van der Waals surface area contributed by atoms with Gasteiger partial charge in [0.2, 0.25) is 5.91 Å². The lowest BCUT2D eigenvalue weighted by Gasteiger charge is -2.16. The van der Waals surface area contributed by atoms with Crippen molar-refractivity contribution in [2.24, 2.45) is 5.92 Å². The molecule has 0 radical (unpaired) electrons. The van der Waals surface area contributed by atoms with Crippen molar-refractivity contribution in [3.05, 3.63) is 30.3 Å². The molecule has 1 aromatic carbocycles. The van der Waals surface area contributed by atoms with Crippen molar-refractivity contribution in [3.63, 3.8) is 0 Å². The molecule has 0 aliphatic carbocycles. The van der Waals surface area contributed by atoms with Gasteiger partial charge in [-0.05, 0) is 18.6 Å². The van der Waals surface area contributed by atoms with E-state index in [1.807, 2.05) is 37.3 Å². The van der Waals surface area contributed by atoms with Crippen molar-refractivity contribution in [1.82, 2.24) is 5.32 Å². The summed E-state index contributed by atoms with van der Waals surface area (Å²) in [5.41, 5.74) is 0. The smallest absolute Gasteiger partial charge is 0.318 e. The Morgan fingerprint density at radius 1 is 1.30 bits per heavy atom. The van der Waals surface area contributed by atoms with E-state index in [1.54, 1.807) is 18.7 Å². The van der Waals surface area contributed by atoms with Crippen LogP contribution in [-0.2, 0) is 14.3 Å². The van der Waals surface area contributed by atoms with E-state index < -0.39 is 11.9 Å². The predicted molar refractivity (Wildman–Crippen MR) is 80.6 cm³/mol. The standard InChI is InChI=1S/C15H21NO3S/c1-4-13(15(18)19-3)14(17)16-10-11(2)20-12-8-6-5-7-9-12/h5-9,11,13H,4,10H2,1-3H3,(H,16,17). The van der Waals surface area contributed by atoms with E-state index in [0.29, 0.717) is 13.0 Å². The highest BCUT2D eigenvalue weighted by Gasteiger charge is 2.25. The van der Waals surface area contributed by atoms with Crippen molar-refractivity contribution in [2.45, 2.75) is 30.4 Å². The van der Waals surface area contributed by atoms with Crippen LogP contribution in [0.4, 0.5) is 0 Å². The minimum atomic E-state index is -0.714. The van der Waals surface area contributed by atoms with E-state index in [4.69, 9.17) is 0 Å². The lowest BCUT2D eigenvalue weighted by molar-refractivity contribution is -0.150. The van der Waals surface area contributed by atoms with Gasteiger partial charge >= 0.3 is 5.97 Å². The number of thioether (sulfide) groups is 1. The molecule has 1 rings (SSSR count).